The highest BCUT2D eigenvalue weighted by Crippen LogP contribution is 2.32. The molecule has 1 heterocycles. The fourth-order valence-corrected chi connectivity index (χ4v) is 1.81. The Kier molecular flexibility index (Phi) is 4.52. The average Bonchev–Trinajstić information content (AvgIpc) is 3.20. The molecule has 0 aliphatic heterocycles. The third kappa shape index (κ3) is 3.76. The molecule has 0 radical (unpaired) electrons. The highest BCUT2D eigenvalue weighted by atomic mass is 19.1. The Morgan fingerprint density at radius 1 is 1.32 bits per heavy atom. The van der Waals surface area contributed by atoms with E-state index >= 15 is 0 Å². The van der Waals surface area contributed by atoms with Crippen molar-refractivity contribution in [2.45, 2.75) is 32.3 Å². The van der Waals surface area contributed by atoms with Gasteiger partial charge in [0, 0.05) is 19.2 Å². The maximum atomic E-state index is 13.5. The average molecular weight is 271 g/mol. The number of nitrogens with zero attached hydrogens (tertiary/aromatic N) is 1. The summed E-state index contributed by atoms with van der Waals surface area (Å²) in [5, 5.41) is 15.2. The summed E-state index contributed by atoms with van der Waals surface area (Å²) in [4.78, 5) is 3.88. The van der Waals surface area contributed by atoms with Crippen molar-refractivity contribution in [3.05, 3.63) is 17.7 Å². The van der Waals surface area contributed by atoms with Crippen LogP contribution in [0.4, 0.5) is 20.4 Å². The predicted octanol–water partition coefficient (Wildman–Crippen LogP) is 2.36. The number of aliphatic hydroxyl groups excluding tert-OH is 1. The zero-order chi connectivity index (χ0) is 13.8. The largest absolute Gasteiger partial charge is 0.391 e. The van der Waals surface area contributed by atoms with Crippen LogP contribution in [-0.2, 0) is 0 Å². The van der Waals surface area contributed by atoms with Gasteiger partial charge in [-0.3, -0.25) is 0 Å². The van der Waals surface area contributed by atoms with Crippen molar-refractivity contribution in [3.63, 3.8) is 0 Å². The normalized spacial score (nSPS) is 16.2. The van der Waals surface area contributed by atoms with Gasteiger partial charge in [0.25, 0.3) is 0 Å². The zero-order valence-corrected chi connectivity index (χ0v) is 10.9. The summed E-state index contributed by atoms with van der Waals surface area (Å²) in [5.74, 6) is -1.15. The van der Waals surface area contributed by atoms with Crippen molar-refractivity contribution >= 4 is 11.6 Å². The van der Waals surface area contributed by atoms with Gasteiger partial charge in [0.1, 0.15) is 0 Å². The van der Waals surface area contributed by atoms with Gasteiger partial charge in [0.15, 0.2) is 23.3 Å². The molecule has 0 amide bonds. The predicted molar refractivity (Wildman–Crippen MR) is 70.2 cm³/mol. The molecule has 1 aliphatic rings. The van der Waals surface area contributed by atoms with Gasteiger partial charge >= 0.3 is 0 Å². The minimum absolute atomic E-state index is 0.0281. The van der Waals surface area contributed by atoms with E-state index in [1.165, 1.54) is 0 Å². The smallest absolute Gasteiger partial charge is 0.168 e. The number of halogens is 2. The summed E-state index contributed by atoms with van der Waals surface area (Å²) in [7, 11) is 0. The summed E-state index contributed by atoms with van der Waals surface area (Å²) < 4.78 is 27.0. The molecule has 1 aromatic rings. The Labute approximate surface area is 111 Å². The number of aromatic nitrogens is 1. The maximum Gasteiger partial charge on any atom is 0.168 e. The van der Waals surface area contributed by atoms with Crippen molar-refractivity contribution in [3.8, 4) is 0 Å². The third-order valence-corrected chi connectivity index (χ3v) is 3.12. The molecule has 0 spiro atoms. The lowest BCUT2D eigenvalue weighted by molar-refractivity contribution is 0.164. The van der Waals surface area contributed by atoms with Crippen LogP contribution < -0.4 is 10.6 Å². The van der Waals surface area contributed by atoms with Crippen LogP contribution in [0, 0.1) is 17.6 Å². The van der Waals surface area contributed by atoms with E-state index in [9.17, 15) is 13.9 Å². The molecule has 1 saturated carbocycles. The number of hydrogen-bond acceptors (Lipinski definition) is 4. The number of nitrogens with one attached hydrogen (secondary N) is 2. The van der Waals surface area contributed by atoms with Gasteiger partial charge < -0.3 is 15.7 Å². The zero-order valence-electron chi connectivity index (χ0n) is 10.9. The Balaban J connectivity index is 2.01. The first kappa shape index (κ1) is 14.0. The number of rotatable bonds is 7. The van der Waals surface area contributed by atoms with Gasteiger partial charge in [-0.25, -0.2) is 13.8 Å². The Morgan fingerprint density at radius 2 is 1.95 bits per heavy atom. The summed E-state index contributed by atoms with van der Waals surface area (Å²) in [6.45, 7) is 2.74. The van der Waals surface area contributed by atoms with Crippen LogP contribution in [0.25, 0.3) is 0 Å². The molecule has 1 aromatic heterocycles. The Morgan fingerprint density at radius 3 is 2.53 bits per heavy atom. The molecular weight excluding hydrogens is 252 g/mol. The number of pyridine rings is 1. The maximum absolute atomic E-state index is 13.5. The first-order valence-corrected chi connectivity index (χ1v) is 6.63. The SMILES string of the molecule is CCCNc1nc(NCC(O)C2CC2)c(F)cc1F. The topological polar surface area (TPSA) is 57.2 Å². The second-order valence-corrected chi connectivity index (χ2v) is 4.86. The summed E-state index contributed by atoms with van der Waals surface area (Å²) in [6.07, 6.45) is 2.33. The molecule has 6 heteroatoms. The lowest BCUT2D eigenvalue weighted by Crippen LogP contribution is -2.22. The Hall–Kier alpha value is -1.43. The van der Waals surface area contributed by atoms with E-state index in [0.717, 1.165) is 25.3 Å². The molecule has 106 valence electrons. The molecule has 1 atom stereocenters. The monoisotopic (exact) mass is 271 g/mol. The van der Waals surface area contributed by atoms with E-state index in [0.29, 0.717) is 12.5 Å². The van der Waals surface area contributed by atoms with Crippen molar-refractivity contribution in [2.24, 2.45) is 5.92 Å². The first-order chi connectivity index (χ1) is 9.11. The second kappa shape index (κ2) is 6.14. The third-order valence-electron chi connectivity index (χ3n) is 3.12. The van der Waals surface area contributed by atoms with E-state index in [-0.39, 0.29) is 18.2 Å². The summed E-state index contributed by atoms with van der Waals surface area (Å²) in [6, 6.07) is 0.802. The molecule has 1 aliphatic carbocycles. The van der Waals surface area contributed by atoms with Crippen LogP contribution in [0.1, 0.15) is 26.2 Å². The van der Waals surface area contributed by atoms with Crippen molar-refractivity contribution in [2.75, 3.05) is 23.7 Å². The summed E-state index contributed by atoms with van der Waals surface area (Å²) in [5.41, 5.74) is 0. The van der Waals surface area contributed by atoms with E-state index in [2.05, 4.69) is 15.6 Å². The van der Waals surface area contributed by atoms with Crippen LogP contribution in [0.3, 0.4) is 0 Å². The van der Waals surface area contributed by atoms with E-state index in [1.807, 2.05) is 6.92 Å². The van der Waals surface area contributed by atoms with Crippen molar-refractivity contribution in [1.29, 1.82) is 0 Å². The molecule has 0 bridgehead atoms. The summed E-state index contributed by atoms with van der Waals surface area (Å²) >= 11 is 0. The lowest BCUT2D eigenvalue weighted by atomic mass is 10.2. The minimum atomic E-state index is -0.748. The highest BCUT2D eigenvalue weighted by molar-refractivity contribution is 5.47. The fraction of sp³-hybridized carbons (Fsp3) is 0.615. The number of anilines is 2. The second-order valence-electron chi connectivity index (χ2n) is 4.86. The van der Waals surface area contributed by atoms with Gasteiger partial charge in [0.2, 0.25) is 0 Å². The molecular formula is C13H19F2N3O. The van der Waals surface area contributed by atoms with Crippen molar-refractivity contribution < 1.29 is 13.9 Å². The van der Waals surface area contributed by atoms with Crippen LogP contribution in [0.2, 0.25) is 0 Å². The molecule has 1 fully saturated rings. The van der Waals surface area contributed by atoms with E-state index in [1.54, 1.807) is 0 Å². The van der Waals surface area contributed by atoms with E-state index < -0.39 is 17.7 Å². The van der Waals surface area contributed by atoms with Crippen molar-refractivity contribution in [1.82, 2.24) is 4.98 Å². The first-order valence-electron chi connectivity index (χ1n) is 6.63. The highest BCUT2D eigenvalue weighted by Gasteiger charge is 2.29. The molecule has 19 heavy (non-hydrogen) atoms. The Bertz CT molecular complexity index is 438. The van der Waals surface area contributed by atoms with Gasteiger partial charge in [-0.15, -0.1) is 0 Å². The fourth-order valence-electron chi connectivity index (χ4n) is 1.81. The van der Waals surface area contributed by atoms with Crippen LogP contribution >= 0.6 is 0 Å². The standard InChI is InChI=1S/C13H19F2N3O/c1-2-5-16-12-9(14)6-10(15)13(18-12)17-7-11(19)8-3-4-8/h6,8,11,19H,2-5,7H2,1H3,(H2,16,17,18). The van der Waals surface area contributed by atoms with Gasteiger partial charge in [-0.2, -0.15) is 0 Å². The van der Waals surface area contributed by atoms with Crippen LogP contribution in [0.15, 0.2) is 6.07 Å². The number of hydrogen-bond donors (Lipinski definition) is 3. The molecule has 2 rings (SSSR count). The van der Waals surface area contributed by atoms with Gasteiger partial charge in [0.05, 0.1) is 6.10 Å². The van der Waals surface area contributed by atoms with Crippen LogP contribution in [-0.4, -0.2) is 29.3 Å². The molecule has 1 unspecified atom stereocenters. The number of aliphatic hydroxyl groups is 1. The van der Waals surface area contributed by atoms with Crippen LogP contribution in [0.5, 0.6) is 0 Å². The van der Waals surface area contributed by atoms with Gasteiger partial charge in [-0.05, 0) is 25.2 Å². The molecule has 3 N–H and O–H groups in total. The van der Waals surface area contributed by atoms with E-state index in [4.69, 9.17) is 0 Å². The molecule has 0 saturated heterocycles. The minimum Gasteiger partial charge on any atom is -0.391 e. The quantitative estimate of drug-likeness (QED) is 0.712. The lowest BCUT2D eigenvalue weighted by Gasteiger charge is -2.13. The molecule has 4 nitrogen and oxygen atoms in total. The van der Waals surface area contributed by atoms with Gasteiger partial charge in [-0.1, -0.05) is 6.92 Å². The molecule has 0 aromatic carbocycles.